The molecule has 0 unspecified atom stereocenters. The van der Waals surface area contributed by atoms with Crippen LogP contribution < -0.4 is 15.0 Å². The predicted molar refractivity (Wildman–Crippen MR) is 108 cm³/mol. The number of hydrogen-bond acceptors (Lipinski definition) is 4. The first-order chi connectivity index (χ1) is 14.0. The number of carboxylic acid groups (broad SMARTS) is 1. The van der Waals surface area contributed by atoms with Gasteiger partial charge in [0.05, 0.1) is 11.7 Å². The van der Waals surface area contributed by atoms with Gasteiger partial charge in [0.2, 0.25) is 5.91 Å². The lowest BCUT2D eigenvalue weighted by molar-refractivity contribution is -0.137. The summed E-state index contributed by atoms with van der Waals surface area (Å²) in [5.41, 5.74) is 1.50. The summed E-state index contributed by atoms with van der Waals surface area (Å²) < 4.78 is 5.61. The molecule has 0 fully saturated rings. The number of hydrogen-bond donors (Lipinski definition) is 2. The van der Waals surface area contributed by atoms with Crippen molar-refractivity contribution in [1.29, 1.82) is 0 Å². The smallest absolute Gasteiger partial charge is 0.303 e. The lowest BCUT2D eigenvalue weighted by Crippen LogP contribution is -2.46. The Morgan fingerprint density at radius 2 is 1.79 bits per heavy atom. The number of nitrogens with one attached hydrogen (secondary N) is 1. The molecule has 0 radical (unpaired) electrons. The van der Waals surface area contributed by atoms with Crippen LogP contribution >= 0.6 is 0 Å². The van der Waals surface area contributed by atoms with Crippen LogP contribution in [0.15, 0.2) is 54.6 Å². The molecule has 0 spiro atoms. The molecule has 1 aliphatic rings. The molecule has 0 saturated carbocycles. The molecule has 0 aromatic heterocycles. The number of rotatable bonds is 8. The van der Waals surface area contributed by atoms with Gasteiger partial charge in [0, 0.05) is 19.4 Å². The molecule has 1 aliphatic heterocycles. The maximum absolute atomic E-state index is 12.6. The summed E-state index contributed by atoms with van der Waals surface area (Å²) >= 11 is 0. The Hall–Kier alpha value is -3.35. The normalized spacial score (nSPS) is 16.5. The van der Waals surface area contributed by atoms with E-state index in [-0.39, 0.29) is 31.2 Å². The Morgan fingerprint density at radius 1 is 1.10 bits per heavy atom. The Kier molecular flexibility index (Phi) is 6.49. The van der Waals surface area contributed by atoms with Gasteiger partial charge in [-0.05, 0) is 31.0 Å². The van der Waals surface area contributed by atoms with Crippen LogP contribution in [0.1, 0.15) is 37.8 Å². The van der Waals surface area contributed by atoms with E-state index in [2.05, 4.69) is 5.32 Å². The summed E-state index contributed by atoms with van der Waals surface area (Å²) in [6.07, 6.45) is -0.266. The number of nitrogens with zero attached hydrogens (tertiary/aromatic N) is 1. The molecule has 7 nitrogen and oxygen atoms in total. The van der Waals surface area contributed by atoms with E-state index in [4.69, 9.17) is 9.84 Å². The molecule has 2 aromatic rings. The molecule has 29 heavy (non-hydrogen) atoms. The van der Waals surface area contributed by atoms with Crippen LogP contribution in [0, 0.1) is 0 Å². The number of carbonyl (C=O) groups is 3. The maximum Gasteiger partial charge on any atom is 0.303 e. The van der Waals surface area contributed by atoms with Crippen molar-refractivity contribution in [2.75, 3.05) is 11.4 Å². The molecule has 2 amide bonds. The minimum Gasteiger partial charge on any atom is -0.481 e. The Balaban J connectivity index is 1.66. The molecule has 7 heteroatoms. The van der Waals surface area contributed by atoms with Gasteiger partial charge >= 0.3 is 5.97 Å². The fourth-order valence-electron chi connectivity index (χ4n) is 3.34. The highest BCUT2D eigenvalue weighted by atomic mass is 16.5. The number of aliphatic carboxylic acids is 1. The summed E-state index contributed by atoms with van der Waals surface area (Å²) in [4.78, 5) is 37.6. The zero-order chi connectivity index (χ0) is 20.8. The highest BCUT2D eigenvalue weighted by Gasteiger charge is 2.31. The lowest BCUT2D eigenvalue weighted by atomic mass is 10.0. The van der Waals surface area contributed by atoms with Crippen LogP contribution in [0.25, 0.3) is 0 Å². The number of benzene rings is 2. The van der Waals surface area contributed by atoms with Crippen LogP contribution in [0.3, 0.4) is 0 Å². The maximum atomic E-state index is 12.6. The van der Waals surface area contributed by atoms with E-state index < -0.39 is 18.1 Å². The molecule has 0 bridgehead atoms. The third-order valence-electron chi connectivity index (χ3n) is 4.82. The van der Waals surface area contributed by atoms with Crippen molar-refractivity contribution in [3.05, 3.63) is 60.2 Å². The topological polar surface area (TPSA) is 95.9 Å². The number of fused-ring (bicyclic) bond motifs is 1. The number of ether oxygens (including phenoxy) is 1. The summed E-state index contributed by atoms with van der Waals surface area (Å²) in [7, 11) is 0. The van der Waals surface area contributed by atoms with Gasteiger partial charge in [0.1, 0.15) is 5.75 Å². The molecule has 0 saturated heterocycles. The van der Waals surface area contributed by atoms with Gasteiger partial charge in [0.25, 0.3) is 5.91 Å². The zero-order valence-electron chi connectivity index (χ0n) is 16.2. The number of anilines is 1. The van der Waals surface area contributed by atoms with Crippen molar-refractivity contribution in [3.63, 3.8) is 0 Å². The average molecular weight is 396 g/mol. The zero-order valence-corrected chi connectivity index (χ0v) is 16.2. The van der Waals surface area contributed by atoms with Crippen molar-refractivity contribution in [1.82, 2.24) is 5.32 Å². The van der Waals surface area contributed by atoms with Crippen molar-refractivity contribution >= 4 is 23.5 Å². The third kappa shape index (κ3) is 5.13. The van der Waals surface area contributed by atoms with Gasteiger partial charge in [-0.2, -0.15) is 0 Å². The molecule has 2 aromatic carbocycles. The fourth-order valence-corrected chi connectivity index (χ4v) is 3.34. The minimum atomic E-state index is -0.912. The molecule has 152 valence electrons. The summed E-state index contributed by atoms with van der Waals surface area (Å²) in [5.74, 6) is -0.732. The van der Waals surface area contributed by atoms with Gasteiger partial charge in [-0.25, -0.2) is 0 Å². The second kappa shape index (κ2) is 9.23. The van der Waals surface area contributed by atoms with E-state index >= 15 is 0 Å². The van der Waals surface area contributed by atoms with Crippen LogP contribution in [-0.4, -0.2) is 35.5 Å². The van der Waals surface area contributed by atoms with Gasteiger partial charge in [-0.1, -0.05) is 42.5 Å². The van der Waals surface area contributed by atoms with E-state index in [1.165, 1.54) is 0 Å². The molecular weight excluding hydrogens is 372 g/mol. The molecule has 3 rings (SSSR count). The monoisotopic (exact) mass is 396 g/mol. The first-order valence-corrected chi connectivity index (χ1v) is 9.59. The molecule has 0 aliphatic carbocycles. The molecule has 2 N–H and O–H groups in total. The summed E-state index contributed by atoms with van der Waals surface area (Å²) in [6.45, 7) is 1.90. The average Bonchev–Trinajstić information content (AvgIpc) is 2.72. The minimum absolute atomic E-state index is 0.0489. The van der Waals surface area contributed by atoms with Crippen molar-refractivity contribution in [3.8, 4) is 5.75 Å². The molecule has 1 heterocycles. The fraction of sp³-hybridized carbons (Fsp3) is 0.318. The molecular formula is C22H24N2O5. The van der Waals surface area contributed by atoms with Crippen LogP contribution in [0.5, 0.6) is 5.75 Å². The van der Waals surface area contributed by atoms with E-state index in [9.17, 15) is 14.4 Å². The Labute approximate surface area is 169 Å². The first kappa shape index (κ1) is 20.4. The van der Waals surface area contributed by atoms with Crippen molar-refractivity contribution in [2.45, 2.75) is 38.3 Å². The standard InChI is InChI=1S/C22H24N2O5/c1-15-22(28)24(18-9-5-6-10-19(18)29-15)14-13-20(25)23-17(11-12-21(26)27)16-7-3-2-4-8-16/h2-10,15,17H,11-14H2,1H3,(H,23,25)(H,26,27)/t15-,17+/m1/s1. The van der Waals surface area contributed by atoms with Crippen LogP contribution in [-0.2, 0) is 14.4 Å². The highest BCUT2D eigenvalue weighted by Crippen LogP contribution is 2.33. The summed E-state index contributed by atoms with van der Waals surface area (Å²) in [5, 5.41) is 11.9. The number of para-hydroxylation sites is 2. The second-order valence-corrected chi connectivity index (χ2v) is 6.93. The van der Waals surface area contributed by atoms with Gasteiger partial charge in [-0.3, -0.25) is 14.4 Å². The largest absolute Gasteiger partial charge is 0.481 e. The van der Waals surface area contributed by atoms with E-state index in [0.717, 1.165) is 5.56 Å². The first-order valence-electron chi connectivity index (χ1n) is 9.59. The highest BCUT2D eigenvalue weighted by molar-refractivity contribution is 6.00. The Morgan fingerprint density at radius 3 is 2.52 bits per heavy atom. The molecule has 2 atom stereocenters. The van der Waals surface area contributed by atoms with E-state index in [1.54, 1.807) is 24.0 Å². The number of amides is 2. The summed E-state index contributed by atoms with van der Waals surface area (Å²) in [6, 6.07) is 16.1. The lowest BCUT2D eigenvalue weighted by Gasteiger charge is -2.33. The van der Waals surface area contributed by atoms with Gasteiger partial charge < -0.3 is 20.1 Å². The quantitative estimate of drug-likeness (QED) is 0.715. The second-order valence-electron chi connectivity index (χ2n) is 6.93. The third-order valence-corrected chi connectivity index (χ3v) is 4.82. The van der Waals surface area contributed by atoms with E-state index in [1.807, 2.05) is 42.5 Å². The predicted octanol–water partition coefficient (Wildman–Crippen LogP) is 2.91. The number of carboxylic acids is 1. The van der Waals surface area contributed by atoms with Crippen molar-refractivity contribution < 1.29 is 24.2 Å². The Bertz CT molecular complexity index is 884. The van der Waals surface area contributed by atoms with Gasteiger partial charge in [0.15, 0.2) is 6.10 Å². The number of carbonyl (C=O) groups excluding carboxylic acids is 2. The van der Waals surface area contributed by atoms with Crippen LogP contribution in [0.2, 0.25) is 0 Å². The van der Waals surface area contributed by atoms with Gasteiger partial charge in [-0.15, -0.1) is 0 Å². The van der Waals surface area contributed by atoms with E-state index in [0.29, 0.717) is 17.9 Å². The van der Waals surface area contributed by atoms with Crippen molar-refractivity contribution in [2.24, 2.45) is 0 Å². The van der Waals surface area contributed by atoms with Crippen LogP contribution in [0.4, 0.5) is 5.69 Å². The SMILES string of the molecule is C[C@H]1Oc2ccccc2N(CCC(=O)N[C@@H](CCC(=O)O)c2ccccc2)C1=O.